The molecule has 1 atom stereocenters. The van der Waals surface area contributed by atoms with Crippen molar-refractivity contribution >= 4 is 49.6 Å². The van der Waals surface area contributed by atoms with Crippen molar-refractivity contribution in [2.45, 2.75) is 120 Å². The van der Waals surface area contributed by atoms with Gasteiger partial charge in [0.2, 0.25) is 0 Å². The van der Waals surface area contributed by atoms with E-state index in [0.29, 0.717) is 4.90 Å². The number of nitrogens with zero attached hydrogens (tertiary/aromatic N) is 1. The maximum absolute atomic E-state index is 10.9. The summed E-state index contributed by atoms with van der Waals surface area (Å²) in [4.78, 5) is 8.52. The average Bonchev–Trinajstić information content (AvgIpc) is 3.33. The van der Waals surface area contributed by atoms with E-state index in [2.05, 4.69) is 198 Å². The first-order chi connectivity index (χ1) is 32.2. The van der Waals surface area contributed by atoms with Gasteiger partial charge in [-0.2, -0.15) is 0 Å². The van der Waals surface area contributed by atoms with Crippen LogP contribution in [0.1, 0.15) is 98.0 Å². The Morgan fingerprint density at radius 1 is 0.588 bits per heavy atom. The number of hydrogen-bond donors (Lipinski definition) is 2. The minimum absolute atomic E-state index is 0.378. The van der Waals surface area contributed by atoms with E-state index in [1.165, 1.54) is 80.6 Å². The van der Waals surface area contributed by atoms with Crippen molar-refractivity contribution in [1.29, 1.82) is 0 Å². The van der Waals surface area contributed by atoms with Gasteiger partial charge in [-0.3, -0.25) is 10.2 Å². The highest BCUT2D eigenvalue weighted by molar-refractivity contribution is 8.09. The molecule has 374 valence electrons. The van der Waals surface area contributed by atoms with Crippen LogP contribution in [0.2, 0.25) is 0 Å². The molecule has 6 rings (SSSR count). The molecule has 0 saturated carbocycles. The molecule has 0 aliphatic carbocycles. The molecular weight excluding hydrogens is 879 g/mol. The van der Waals surface area contributed by atoms with Crippen LogP contribution >= 0.6 is 10.8 Å². The van der Waals surface area contributed by atoms with Gasteiger partial charge in [-0.1, -0.05) is 137 Å². The van der Waals surface area contributed by atoms with Crippen LogP contribution in [0.5, 0.6) is 0 Å². The van der Waals surface area contributed by atoms with E-state index in [0.717, 1.165) is 21.7 Å². The fourth-order valence-electron chi connectivity index (χ4n) is 5.45. The average molecular weight is 966 g/mol. The molecule has 0 radical (unpaired) electrons. The molecular formula is C60H87NO5S2. The predicted molar refractivity (Wildman–Crippen MR) is 310 cm³/mol. The molecule has 6 aromatic rings. The number of benzene rings is 6. The van der Waals surface area contributed by atoms with Crippen molar-refractivity contribution < 1.29 is 23.1 Å². The number of rotatable bonds is 4. The lowest BCUT2D eigenvalue weighted by Crippen LogP contribution is -1.95. The molecule has 2 N–H and O–H groups in total. The number of aliphatic imine (C=N–C) groups is 1. The summed E-state index contributed by atoms with van der Waals surface area (Å²) >= 11 is 0. The van der Waals surface area contributed by atoms with Crippen molar-refractivity contribution in [1.82, 2.24) is 0 Å². The highest BCUT2D eigenvalue weighted by Crippen LogP contribution is 2.31. The van der Waals surface area contributed by atoms with Crippen LogP contribution in [-0.2, 0) is 14.7 Å². The van der Waals surface area contributed by atoms with Gasteiger partial charge in [0.1, 0.15) is 0 Å². The third-order valence-corrected chi connectivity index (χ3v) is 10.9. The fraction of sp³-hybridized carbons (Fsp3) is 0.300. The molecule has 0 spiro atoms. The summed E-state index contributed by atoms with van der Waals surface area (Å²) in [6.07, 6.45) is 10.5. The van der Waals surface area contributed by atoms with E-state index in [4.69, 9.17) is 5.26 Å². The first-order valence-corrected chi connectivity index (χ1v) is 25.7. The summed E-state index contributed by atoms with van der Waals surface area (Å²) in [7, 11) is -2.75. The Morgan fingerprint density at radius 3 is 1.31 bits per heavy atom. The van der Waals surface area contributed by atoms with Crippen LogP contribution in [0.15, 0.2) is 150 Å². The van der Waals surface area contributed by atoms with E-state index < -0.39 is 20.6 Å². The van der Waals surface area contributed by atoms with Crippen molar-refractivity contribution in [3.63, 3.8) is 0 Å². The van der Waals surface area contributed by atoms with Crippen LogP contribution in [0.25, 0.3) is 21.9 Å². The van der Waals surface area contributed by atoms with Gasteiger partial charge in [-0.15, -0.1) is 39.2 Å². The highest BCUT2D eigenvalue weighted by atomic mass is 32.2. The molecule has 0 fully saturated rings. The van der Waals surface area contributed by atoms with Gasteiger partial charge in [0.15, 0.2) is 9.84 Å². The Bertz CT molecular complexity index is 2390. The molecule has 6 nitrogen and oxygen atoms in total. The molecule has 0 saturated heterocycles. The lowest BCUT2D eigenvalue weighted by Gasteiger charge is -2.11. The first kappa shape index (κ1) is 71.3. The molecule has 6 aromatic carbocycles. The van der Waals surface area contributed by atoms with Gasteiger partial charge < -0.3 is 4.55 Å². The zero-order valence-corrected chi connectivity index (χ0v) is 46.5. The second-order valence-electron chi connectivity index (χ2n) is 14.3. The molecule has 0 aliphatic heterocycles. The zero-order valence-electron chi connectivity index (χ0n) is 44.9. The Kier molecular flexibility index (Phi) is 44.8. The molecule has 0 bridgehead atoms. The minimum atomic E-state index is -3.02. The molecule has 0 aromatic heterocycles. The summed E-state index contributed by atoms with van der Waals surface area (Å²) < 4.78 is 31.4. The quantitative estimate of drug-likeness (QED) is 0.0458. The van der Waals surface area contributed by atoms with E-state index in [1.807, 2.05) is 52.8 Å². The second kappa shape index (κ2) is 42.7. The second-order valence-corrected chi connectivity index (χ2v) is 17.5. The lowest BCUT2D eigenvalue weighted by molar-refractivity contribution is -0.214. The minimum Gasteiger partial charge on any atom is -0.333 e. The van der Waals surface area contributed by atoms with Crippen LogP contribution in [0.3, 0.4) is 0 Å². The summed E-state index contributed by atoms with van der Waals surface area (Å²) in [6, 6.07) is 36.4. The van der Waals surface area contributed by atoms with Crippen molar-refractivity contribution in [3.05, 3.63) is 186 Å². The molecule has 0 amide bonds. The van der Waals surface area contributed by atoms with Gasteiger partial charge in [0.25, 0.3) is 0 Å². The Morgan fingerprint density at radius 2 is 0.956 bits per heavy atom. The topological polar surface area (TPSA) is 96.2 Å². The van der Waals surface area contributed by atoms with Gasteiger partial charge in [0.05, 0.1) is 17.7 Å². The summed E-state index contributed by atoms with van der Waals surface area (Å²) in [5.41, 5.74) is 14.8. The number of sulfone groups is 1. The molecule has 8 heteroatoms. The highest BCUT2D eigenvalue weighted by Gasteiger charge is 2.07. The number of hydrogen-bond acceptors (Lipinski definition) is 6. The third kappa shape index (κ3) is 29.2. The fourth-order valence-corrected chi connectivity index (χ4v) is 6.66. The van der Waals surface area contributed by atoms with Gasteiger partial charge in [-0.25, -0.2) is 13.3 Å². The van der Waals surface area contributed by atoms with E-state index in [-0.39, 0.29) is 0 Å². The normalized spacial score (nSPS) is 9.43. The maximum atomic E-state index is 10.9. The predicted octanol–water partition coefficient (Wildman–Crippen LogP) is 18.0. The Labute approximate surface area is 418 Å². The van der Waals surface area contributed by atoms with Crippen LogP contribution in [0.4, 0.5) is 5.69 Å². The van der Waals surface area contributed by atoms with Crippen molar-refractivity contribution in [2.75, 3.05) is 13.4 Å². The van der Waals surface area contributed by atoms with Crippen molar-refractivity contribution in [3.8, 4) is 24.0 Å². The maximum Gasteiger partial charge on any atom is 0.175 e. The molecule has 68 heavy (non-hydrogen) atoms. The largest absolute Gasteiger partial charge is 0.333 e. The van der Waals surface area contributed by atoms with Gasteiger partial charge >= 0.3 is 0 Å². The van der Waals surface area contributed by atoms with Crippen molar-refractivity contribution in [2.24, 2.45) is 4.99 Å². The van der Waals surface area contributed by atoms with Crippen LogP contribution in [-0.4, -0.2) is 44.2 Å². The summed E-state index contributed by atoms with van der Waals surface area (Å²) in [5, 5.41) is 9.56. The standard InChI is InChI=1S/C16H17N.C14H16OS.C8H10O2S.C8H10.C3H8.2C2H6.2C2H4.C2H2.CH4O2/c1-11-5-6-14(9-12(11)2)15-7-8-16(17-4)13(3)10-15;1-9-5-6-12-8-13(16(4)15)7-10(2)14(12)11(9)3;1-7-3-5-8(6-4-7)11(2,9)10;1-7-3-5-8(2)6-4-7;1-3-2;5*1-2;1-3-2/h5-10H,4H2,1-3H3;5-8,15H,4H2,1-3H3;3-6H,1-2H3;3-6H,1-2H3;3H2,1-2H3;2*1-2H3;2*1-2H2;1-2H;2H,1H3. The summed E-state index contributed by atoms with van der Waals surface area (Å²) in [5.74, 6) is 3.68. The SMILES string of the molecule is C#C.C=C.C=C.C=Nc1ccc(-c2ccc(C)c(C)c2)cc1C.C=S(O)c1cc(C)c2c(C)c(C)ccc2c1.CC.CC.CCC.COO.Cc1ccc(C)cc1.Cc1ccc(S(C)(=O)=O)cc1. The molecule has 1 unspecified atom stereocenters. The number of fused-ring (bicyclic) bond motifs is 1. The number of terminal acetylenes is 1. The van der Waals surface area contributed by atoms with Crippen LogP contribution < -0.4 is 0 Å². The smallest absolute Gasteiger partial charge is 0.175 e. The van der Waals surface area contributed by atoms with E-state index in [1.54, 1.807) is 24.3 Å². The van der Waals surface area contributed by atoms with Gasteiger partial charge in [0, 0.05) is 11.2 Å². The van der Waals surface area contributed by atoms with E-state index in [9.17, 15) is 13.0 Å². The Balaban J connectivity index is -0.000000240. The van der Waals surface area contributed by atoms with E-state index >= 15 is 0 Å². The first-order valence-electron chi connectivity index (χ1n) is 22.4. The summed E-state index contributed by atoms with van der Waals surface area (Å²) in [6.45, 7) is 46.6. The zero-order chi connectivity index (χ0) is 54.2. The molecule has 0 heterocycles. The lowest BCUT2D eigenvalue weighted by atomic mass is 9.97. The van der Waals surface area contributed by atoms with Gasteiger partial charge in [-0.05, 0) is 177 Å². The monoisotopic (exact) mass is 966 g/mol. The molecule has 0 aliphatic rings. The third-order valence-electron chi connectivity index (χ3n) is 8.97. The van der Waals surface area contributed by atoms with Crippen LogP contribution in [0, 0.1) is 75.2 Å². The number of aryl methyl sites for hydroxylation is 9. The Hall–Kier alpha value is -5.66.